The zero-order chi connectivity index (χ0) is 10.7. The molecule has 1 rings (SSSR count). The van der Waals surface area contributed by atoms with Crippen LogP contribution in [0.4, 0.5) is 0 Å². The van der Waals surface area contributed by atoms with Crippen molar-refractivity contribution in [2.45, 2.75) is 19.1 Å². The Hall–Kier alpha value is -0.770. The maximum atomic E-state index is 9.73. The van der Waals surface area contributed by atoms with Gasteiger partial charge in [-0.2, -0.15) is 0 Å². The van der Waals surface area contributed by atoms with Crippen LogP contribution in [0.1, 0.15) is 18.6 Å². The Morgan fingerprint density at radius 3 is 2.64 bits per heavy atom. The summed E-state index contributed by atoms with van der Waals surface area (Å²) in [7, 11) is 1.53. The molecule has 0 heterocycles. The summed E-state index contributed by atoms with van der Waals surface area (Å²) >= 11 is 6.01. The summed E-state index contributed by atoms with van der Waals surface area (Å²) in [4.78, 5) is 0. The van der Waals surface area contributed by atoms with Crippen molar-refractivity contribution in [1.29, 1.82) is 0 Å². The normalized spacial score (nSPS) is 14.9. The topological polar surface area (TPSA) is 55.5 Å². The Balaban J connectivity index is 3.09. The molecule has 0 amide bonds. The minimum absolute atomic E-state index is 0.361. The third kappa shape index (κ3) is 2.18. The van der Waals surface area contributed by atoms with E-state index >= 15 is 0 Å². The summed E-state index contributed by atoms with van der Waals surface area (Å²) in [5, 5.41) is 10.2. The number of aliphatic hydroxyl groups is 1. The van der Waals surface area contributed by atoms with E-state index in [1.54, 1.807) is 25.1 Å². The van der Waals surface area contributed by atoms with Crippen LogP contribution < -0.4 is 10.5 Å². The summed E-state index contributed by atoms with van der Waals surface area (Å²) < 4.78 is 5.03. The van der Waals surface area contributed by atoms with E-state index in [0.29, 0.717) is 16.3 Å². The first kappa shape index (κ1) is 11.3. The SMILES string of the molecule is COc1cccc(C(O)C(C)N)c1Cl. The summed E-state index contributed by atoms with van der Waals surface area (Å²) in [5.74, 6) is 0.545. The van der Waals surface area contributed by atoms with Gasteiger partial charge in [-0.25, -0.2) is 0 Å². The minimum Gasteiger partial charge on any atom is -0.495 e. The van der Waals surface area contributed by atoms with E-state index < -0.39 is 6.10 Å². The van der Waals surface area contributed by atoms with Crippen molar-refractivity contribution in [3.63, 3.8) is 0 Å². The fourth-order valence-electron chi connectivity index (χ4n) is 1.20. The van der Waals surface area contributed by atoms with Crippen LogP contribution in [0, 0.1) is 0 Å². The molecule has 3 N–H and O–H groups in total. The van der Waals surface area contributed by atoms with Gasteiger partial charge in [0.05, 0.1) is 18.2 Å². The predicted molar refractivity (Wildman–Crippen MR) is 56.6 cm³/mol. The van der Waals surface area contributed by atoms with Crippen LogP contribution in [0.2, 0.25) is 5.02 Å². The first-order chi connectivity index (χ1) is 6.57. The number of hydrogen-bond acceptors (Lipinski definition) is 3. The molecule has 1 aromatic rings. The van der Waals surface area contributed by atoms with Crippen molar-refractivity contribution in [2.24, 2.45) is 5.73 Å². The van der Waals surface area contributed by atoms with Crippen molar-refractivity contribution >= 4 is 11.6 Å². The predicted octanol–water partition coefficient (Wildman–Crippen LogP) is 1.73. The lowest BCUT2D eigenvalue weighted by Crippen LogP contribution is -2.24. The van der Waals surface area contributed by atoms with Gasteiger partial charge in [-0.15, -0.1) is 0 Å². The molecule has 0 aliphatic heterocycles. The Morgan fingerprint density at radius 2 is 2.14 bits per heavy atom. The number of halogens is 1. The number of hydrogen-bond donors (Lipinski definition) is 2. The summed E-state index contributed by atoms with van der Waals surface area (Å²) in [6.07, 6.45) is -0.766. The first-order valence-corrected chi connectivity index (χ1v) is 4.71. The molecule has 0 bridgehead atoms. The van der Waals surface area contributed by atoms with Crippen LogP contribution >= 0.6 is 11.6 Å². The Kier molecular flexibility index (Phi) is 3.75. The van der Waals surface area contributed by atoms with Gasteiger partial charge in [0.15, 0.2) is 0 Å². The third-order valence-corrected chi connectivity index (χ3v) is 2.43. The van der Waals surface area contributed by atoms with Crippen LogP contribution in [0.25, 0.3) is 0 Å². The average Bonchev–Trinajstić information content (AvgIpc) is 2.17. The molecular weight excluding hydrogens is 202 g/mol. The molecule has 0 saturated carbocycles. The molecule has 1 aromatic carbocycles. The van der Waals surface area contributed by atoms with Crippen LogP contribution in [-0.2, 0) is 0 Å². The van der Waals surface area contributed by atoms with E-state index in [4.69, 9.17) is 22.1 Å². The smallest absolute Gasteiger partial charge is 0.137 e. The van der Waals surface area contributed by atoms with Crippen molar-refractivity contribution in [1.82, 2.24) is 0 Å². The van der Waals surface area contributed by atoms with Crippen LogP contribution in [-0.4, -0.2) is 18.3 Å². The highest BCUT2D eigenvalue weighted by Crippen LogP contribution is 2.32. The molecule has 2 unspecified atom stereocenters. The van der Waals surface area contributed by atoms with Crippen molar-refractivity contribution in [3.05, 3.63) is 28.8 Å². The van der Waals surface area contributed by atoms with Crippen molar-refractivity contribution in [2.75, 3.05) is 7.11 Å². The highest BCUT2D eigenvalue weighted by molar-refractivity contribution is 6.32. The van der Waals surface area contributed by atoms with Gasteiger partial charge < -0.3 is 15.6 Å². The third-order valence-electron chi connectivity index (χ3n) is 2.03. The monoisotopic (exact) mass is 215 g/mol. The largest absolute Gasteiger partial charge is 0.495 e. The minimum atomic E-state index is -0.766. The molecule has 0 aliphatic rings. The summed E-state index contributed by atoms with van der Waals surface area (Å²) in [6.45, 7) is 1.72. The highest BCUT2D eigenvalue weighted by Gasteiger charge is 2.17. The molecule has 2 atom stereocenters. The van der Waals surface area contributed by atoms with E-state index in [1.807, 2.05) is 0 Å². The fourth-order valence-corrected chi connectivity index (χ4v) is 1.51. The molecular formula is C10H14ClNO2. The molecule has 3 nitrogen and oxygen atoms in total. The van der Waals surface area contributed by atoms with E-state index in [9.17, 15) is 5.11 Å². The van der Waals surface area contributed by atoms with Crippen molar-refractivity contribution < 1.29 is 9.84 Å². The number of nitrogens with two attached hydrogens (primary N) is 1. The second kappa shape index (κ2) is 4.64. The zero-order valence-corrected chi connectivity index (χ0v) is 8.95. The number of aliphatic hydroxyl groups excluding tert-OH is 1. The van der Waals surface area contributed by atoms with E-state index in [1.165, 1.54) is 7.11 Å². The lowest BCUT2D eigenvalue weighted by atomic mass is 10.0. The molecule has 0 aliphatic carbocycles. The van der Waals surface area contributed by atoms with Gasteiger partial charge in [0.1, 0.15) is 5.75 Å². The zero-order valence-electron chi connectivity index (χ0n) is 8.20. The lowest BCUT2D eigenvalue weighted by molar-refractivity contribution is 0.153. The van der Waals surface area contributed by atoms with E-state index in [2.05, 4.69) is 0 Å². The number of benzene rings is 1. The molecule has 0 spiro atoms. The molecule has 0 radical (unpaired) electrons. The van der Waals surface area contributed by atoms with Gasteiger partial charge in [-0.3, -0.25) is 0 Å². The Bertz CT molecular complexity index is 315. The Morgan fingerprint density at radius 1 is 1.50 bits per heavy atom. The second-order valence-electron chi connectivity index (χ2n) is 3.17. The van der Waals surface area contributed by atoms with Crippen LogP contribution in [0.15, 0.2) is 18.2 Å². The summed E-state index contributed by atoms with van der Waals surface area (Å²) in [5.41, 5.74) is 6.18. The van der Waals surface area contributed by atoms with E-state index in [0.717, 1.165) is 0 Å². The molecule has 0 fully saturated rings. The van der Waals surface area contributed by atoms with Crippen LogP contribution in [0.5, 0.6) is 5.75 Å². The summed E-state index contributed by atoms with van der Waals surface area (Å²) in [6, 6.07) is 4.88. The average molecular weight is 216 g/mol. The fraction of sp³-hybridized carbons (Fsp3) is 0.400. The first-order valence-electron chi connectivity index (χ1n) is 4.34. The standard InChI is InChI=1S/C10H14ClNO2/c1-6(12)10(13)7-4-3-5-8(14-2)9(7)11/h3-6,10,13H,12H2,1-2H3. The van der Waals surface area contributed by atoms with Gasteiger partial charge in [0.2, 0.25) is 0 Å². The molecule has 0 aromatic heterocycles. The number of ether oxygens (including phenoxy) is 1. The maximum Gasteiger partial charge on any atom is 0.137 e. The van der Waals surface area contributed by atoms with Gasteiger partial charge >= 0.3 is 0 Å². The molecule has 14 heavy (non-hydrogen) atoms. The molecule has 4 heteroatoms. The van der Waals surface area contributed by atoms with Crippen molar-refractivity contribution in [3.8, 4) is 5.75 Å². The maximum absolute atomic E-state index is 9.73. The van der Waals surface area contributed by atoms with Crippen LogP contribution in [0.3, 0.4) is 0 Å². The molecule has 0 saturated heterocycles. The van der Waals surface area contributed by atoms with Gasteiger partial charge in [-0.05, 0) is 13.0 Å². The quantitative estimate of drug-likeness (QED) is 0.808. The van der Waals surface area contributed by atoms with Gasteiger partial charge in [0, 0.05) is 11.6 Å². The second-order valence-corrected chi connectivity index (χ2v) is 3.55. The Labute approximate surface area is 88.4 Å². The lowest BCUT2D eigenvalue weighted by Gasteiger charge is -2.17. The van der Waals surface area contributed by atoms with Gasteiger partial charge in [-0.1, -0.05) is 23.7 Å². The van der Waals surface area contributed by atoms with E-state index in [-0.39, 0.29) is 6.04 Å². The van der Waals surface area contributed by atoms with Gasteiger partial charge in [0.25, 0.3) is 0 Å². The highest BCUT2D eigenvalue weighted by atomic mass is 35.5. The number of methoxy groups -OCH3 is 1. The molecule has 78 valence electrons. The number of rotatable bonds is 3.